The van der Waals surface area contributed by atoms with Gasteiger partial charge in [-0.25, -0.2) is 9.97 Å². The van der Waals surface area contributed by atoms with E-state index in [0.29, 0.717) is 19.0 Å². The number of aromatic amines is 1. The normalized spacial score (nSPS) is 13.8. The number of anilines is 2. The molecule has 9 heteroatoms. The number of hydrogen-bond acceptors (Lipinski definition) is 8. The molecule has 1 fully saturated rings. The van der Waals surface area contributed by atoms with Crippen molar-refractivity contribution < 1.29 is 14.2 Å². The summed E-state index contributed by atoms with van der Waals surface area (Å²) in [6, 6.07) is 16.1. The highest BCUT2D eigenvalue weighted by molar-refractivity contribution is 5.99. The van der Waals surface area contributed by atoms with E-state index in [9.17, 15) is 0 Å². The molecule has 3 heterocycles. The van der Waals surface area contributed by atoms with E-state index in [2.05, 4.69) is 32.5 Å². The van der Waals surface area contributed by atoms with Crippen molar-refractivity contribution in [2.24, 2.45) is 5.10 Å². The van der Waals surface area contributed by atoms with Crippen molar-refractivity contribution in [1.82, 2.24) is 15.0 Å². The van der Waals surface area contributed by atoms with Gasteiger partial charge in [-0.15, -0.1) is 0 Å². The van der Waals surface area contributed by atoms with Gasteiger partial charge in [0, 0.05) is 48.2 Å². The molecular weight excluding hydrogens is 468 g/mol. The summed E-state index contributed by atoms with van der Waals surface area (Å²) < 4.78 is 16.3. The van der Waals surface area contributed by atoms with Gasteiger partial charge in [-0.1, -0.05) is 24.3 Å². The van der Waals surface area contributed by atoms with Crippen LogP contribution in [-0.4, -0.2) is 61.7 Å². The van der Waals surface area contributed by atoms with Crippen molar-refractivity contribution >= 4 is 28.8 Å². The minimum absolute atomic E-state index is 0.675. The Bertz CT molecular complexity index is 1360. The van der Waals surface area contributed by atoms with E-state index in [1.165, 1.54) is 5.56 Å². The molecule has 2 aromatic carbocycles. The first-order chi connectivity index (χ1) is 18.2. The largest absolute Gasteiger partial charge is 0.493 e. The van der Waals surface area contributed by atoms with E-state index in [1.807, 2.05) is 48.8 Å². The lowest BCUT2D eigenvalue weighted by atomic mass is 10.1. The molecule has 0 amide bonds. The van der Waals surface area contributed by atoms with Crippen molar-refractivity contribution in [2.45, 2.75) is 19.3 Å². The van der Waals surface area contributed by atoms with Crippen LogP contribution in [0.15, 0.2) is 59.8 Å². The lowest BCUT2D eigenvalue weighted by Crippen LogP contribution is -2.37. The average Bonchev–Trinajstić information content (AvgIpc) is 3.36. The molecule has 9 nitrogen and oxygen atoms in total. The van der Waals surface area contributed by atoms with Crippen molar-refractivity contribution in [1.29, 1.82) is 0 Å². The second-order valence-corrected chi connectivity index (χ2v) is 8.83. The van der Waals surface area contributed by atoms with Crippen LogP contribution in [0.4, 0.5) is 11.6 Å². The van der Waals surface area contributed by atoms with E-state index >= 15 is 0 Å². The van der Waals surface area contributed by atoms with Crippen LogP contribution in [-0.2, 0) is 17.6 Å². The number of rotatable bonds is 10. The van der Waals surface area contributed by atoms with Crippen molar-refractivity contribution in [3.8, 4) is 11.5 Å². The van der Waals surface area contributed by atoms with Crippen LogP contribution >= 0.6 is 0 Å². The van der Waals surface area contributed by atoms with E-state index in [1.54, 1.807) is 14.2 Å². The summed E-state index contributed by atoms with van der Waals surface area (Å²) in [5.74, 6) is 3.83. The Morgan fingerprint density at radius 2 is 1.86 bits per heavy atom. The van der Waals surface area contributed by atoms with Gasteiger partial charge in [0.1, 0.15) is 11.6 Å². The minimum Gasteiger partial charge on any atom is -0.493 e. The maximum atomic E-state index is 5.53. The average molecular weight is 501 g/mol. The minimum atomic E-state index is 0.675. The zero-order valence-electron chi connectivity index (χ0n) is 21.2. The molecule has 2 N–H and O–H groups in total. The molecule has 0 radical (unpaired) electrons. The standard InChI is InChI=1S/C28H32N6O3/c1-35-24-11-10-20(16-25(24)36-2)6-5-9-26-31-27(17-28(32-26)34-12-14-37-15-13-34)33-30-19-21-18-29-23-8-4-3-7-22(21)23/h3-4,7-8,10-11,16-19,29H,5-6,9,12-15H2,1-2H3,(H,31,32,33)/b30-19-. The third-order valence-electron chi connectivity index (χ3n) is 6.41. The summed E-state index contributed by atoms with van der Waals surface area (Å²) in [6.45, 7) is 3.00. The summed E-state index contributed by atoms with van der Waals surface area (Å²) >= 11 is 0. The summed E-state index contributed by atoms with van der Waals surface area (Å²) in [7, 11) is 3.30. The first-order valence-corrected chi connectivity index (χ1v) is 12.5. The fraction of sp³-hybridized carbons (Fsp3) is 0.321. The van der Waals surface area contributed by atoms with Crippen LogP contribution in [0, 0.1) is 0 Å². The number of hydrogen-bond donors (Lipinski definition) is 2. The van der Waals surface area contributed by atoms with Gasteiger partial charge in [-0.05, 0) is 36.6 Å². The fourth-order valence-electron chi connectivity index (χ4n) is 4.46. The summed E-state index contributed by atoms with van der Waals surface area (Å²) in [6.07, 6.45) is 6.29. The first kappa shape index (κ1) is 24.6. The quantitative estimate of drug-likeness (QED) is 0.246. The number of aromatic nitrogens is 3. The Labute approximate surface area is 216 Å². The monoisotopic (exact) mass is 500 g/mol. The molecule has 0 atom stereocenters. The van der Waals surface area contributed by atoms with Gasteiger partial charge >= 0.3 is 0 Å². The lowest BCUT2D eigenvalue weighted by Gasteiger charge is -2.28. The molecule has 37 heavy (non-hydrogen) atoms. The molecular formula is C28H32N6O3. The molecule has 1 aliphatic rings. The lowest BCUT2D eigenvalue weighted by molar-refractivity contribution is 0.122. The van der Waals surface area contributed by atoms with Gasteiger partial charge in [0.15, 0.2) is 17.3 Å². The second kappa shape index (κ2) is 11.7. The van der Waals surface area contributed by atoms with Gasteiger partial charge in [0.05, 0.1) is 33.6 Å². The highest BCUT2D eigenvalue weighted by Crippen LogP contribution is 2.28. The van der Waals surface area contributed by atoms with Crippen molar-refractivity contribution in [3.05, 3.63) is 71.7 Å². The third-order valence-corrected chi connectivity index (χ3v) is 6.41. The zero-order chi connectivity index (χ0) is 25.5. The molecule has 0 bridgehead atoms. The van der Waals surface area contributed by atoms with E-state index < -0.39 is 0 Å². The van der Waals surface area contributed by atoms with Crippen LogP contribution in [0.3, 0.4) is 0 Å². The number of H-pyrrole nitrogens is 1. The Kier molecular flexibility index (Phi) is 7.81. The van der Waals surface area contributed by atoms with Crippen LogP contribution in [0.2, 0.25) is 0 Å². The van der Waals surface area contributed by atoms with Gasteiger partial charge in [0.2, 0.25) is 0 Å². The van der Waals surface area contributed by atoms with Crippen molar-refractivity contribution in [3.63, 3.8) is 0 Å². The van der Waals surface area contributed by atoms with Crippen LogP contribution in [0.25, 0.3) is 10.9 Å². The van der Waals surface area contributed by atoms with Gasteiger partial charge in [0.25, 0.3) is 0 Å². The van der Waals surface area contributed by atoms with E-state index in [-0.39, 0.29) is 0 Å². The molecule has 1 aliphatic heterocycles. The molecule has 0 aliphatic carbocycles. The Morgan fingerprint density at radius 3 is 2.70 bits per heavy atom. The maximum Gasteiger partial charge on any atom is 0.160 e. The van der Waals surface area contributed by atoms with E-state index in [4.69, 9.17) is 24.2 Å². The highest BCUT2D eigenvalue weighted by Gasteiger charge is 2.15. The molecule has 4 aromatic rings. The number of ether oxygens (including phenoxy) is 3. The Hall–Kier alpha value is -4.11. The number of fused-ring (bicyclic) bond motifs is 1. The second-order valence-electron chi connectivity index (χ2n) is 8.83. The molecule has 5 rings (SSSR count). The van der Waals surface area contributed by atoms with Crippen LogP contribution < -0.4 is 19.8 Å². The van der Waals surface area contributed by atoms with Gasteiger partial charge in [-0.3, -0.25) is 5.43 Å². The SMILES string of the molecule is COc1ccc(CCCc2nc(N/N=C\c3c[nH]c4ccccc34)cc(N3CCOCC3)n2)cc1OC. The number of hydrazone groups is 1. The zero-order valence-corrected chi connectivity index (χ0v) is 21.2. The molecule has 0 spiro atoms. The number of methoxy groups -OCH3 is 2. The number of aryl methyl sites for hydroxylation is 2. The molecule has 0 unspecified atom stereocenters. The van der Waals surface area contributed by atoms with E-state index in [0.717, 1.165) is 72.0 Å². The smallest absolute Gasteiger partial charge is 0.160 e. The van der Waals surface area contributed by atoms with Crippen LogP contribution in [0.1, 0.15) is 23.4 Å². The first-order valence-electron chi connectivity index (χ1n) is 12.5. The summed E-state index contributed by atoms with van der Waals surface area (Å²) in [5.41, 5.74) is 6.40. The summed E-state index contributed by atoms with van der Waals surface area (Å²) in [5, 5.41) is 5.60. The topological polar surface area (TPSA) is 96.9 Å². The third kappa shape index (κ3) is 6.00. The summed E-state index contributed by atoms with van der Waals surface area (Å²) in [4.78, 5) is 15.1. The molecule has 1 saturated heterocycles. The van der Waals surface area contributed by atoms with Crippen LogP contribution in [0.5, 0.6) is 11.5 Å². The number of nitrogens with one attached hydrogen (secondary N) is 2. The molecule has 192 valence electrons. The maximum absolute atomic E-state index is 5.53. The Morgan fingerprint density at radius 1 is 1.03 bits per heavy atom. The number of benzene rings is 2. The van der Waals surface area contributed by atoms with Gasteiger partial charge < -0.3 is 24.1 Å². The number of nitrogens with zero attached hydrogens (tertiary/aromatic N) is 4. The molecule has 2 aromatic heterocycles. The number of para-hydroxylation sites is 1. The highest BCUT2D eigenvalue weighted by atomic mass is 16.5. The molecule has 0 saturated carbocycles. The predicted octanol–water partition coefficient (Wildman–Crippen LogP) is 4.43. The number of morpholine rings is 1. The Balaban J connectivity index is 1.30. The predicted molar refractivity (Wildman–Crippen MR) is 146 cm³/mol. The fourth-order valence-corrected chi connectivity index (χ4v) is 4.46. The van der Waals surface area contributed by atoms with Gasteiger partial charge in [-0.2, -0.15) is 5.10 Å². The van der Waals surface area contributed by atoms with Crippen molar-refractivity contribution in [2.75, 3.05) is 50.8 Å².